The van der Waals surface area contributed by atoms with Crippen LogP contribution in [-0.2, 0) is 6.54 Å². The number of aliphatic hydroxyl groups is 1. The number of aliphatic hydroxyl groups excluding tert-OH is 1. The minimum atomic E-state index is 0.210. The summed E-state index contributed by atoms with van der Waals surface area (Å²) in [5, 5.41) is 12.4. The number of nitrogens with one attached hydrogen (secondary N) is 1. The lowest BCUT2D eigenvalue weighted by molar-refractivity contribution is 0.261. The fraction of sp³-hybridized carbons (Fsp3) is 0.600. The van der Waals surface area contributed by atoms with Gasteiger partial charge in [0, 0.05) is 24.8 Å². The van der Waals surface area contributed by atoms with Crippen molar-refractivity contribution in [2.75, 3.05) is 20.3 Å². The second-order valence-electron chi connectivity index (χ2n) is 4.38. The maximum Gasteiger partial charge on any atom is 0.165 e. The highest BCUT2D eigenvalue weighted by Gasteiger charge is 2.11. The first-order chi connectivity index (χ1) is 9.26. The van der Waals surface area contributed by atoms with Gasteiger partial charge in [-0.25, -0.2) is 0 Å². The lowest BCUT2D eigenvalue weighted by Gasteiger charge is -2.18. The van der Waals surface area contributed by atoms with Crippen molar-refractivity contribution in [2.24, 2.45) is 0 Å². The molecule has 0 saturated heterocycles. The lowest BCUT2D eigenvalue weighted by atomic mass is 10.1. The average molecular weight is 267 g/mol. The number of ether oxygens (including phenoxy) is 2. The summed E-state index contributed by atoms with van der Waals surface area (Å²) in [5.74, 6) is 1.57. The molecular weight excluding hydrogens is 242 g/mol. The fourth-order valence-electron chi connectivity index (χ4n) is 2.06. The minimum Gasteiger partial charge on any atom is -0.493 e. The Morgan fingerprint density at radius 3 is 2.68 bits per heavy atom. The summed E-state index contributed by atoms with van der Waals surface area (Å²) in [7, 11) is 1.66. The van der Waals surface area contributed by atoms with Crippen LogP contribution in [0.1, 0.15) is 32.3 Å². The van der Waals surface area contributed by atoms with Gasteiger partial charge in [0.25, 0.3) is 0 Å². The molecule has 0 fully saturated rings. The molecule has 0 spiro atoms. The third-order valence-corrected chi connectivity index (χ3v) is 3.12. The molecule has 0 aliphatic heterocycles. The zero-order valence-electron chi connectivity index (χ0n) is 12.1. The van der Waals surface area contributed by atoms with Crippen molar-refractivity contribution >= 4 is 0 Å². The average Bonchev–Trinajstić information content (AvgIpc) is 2.44. The Kier molecular flexibility index (Phi) is 7.30. The fourth-order valence-corrected chi connectivity index (χ4v) is 2.06. The molecule has 0 radical (unpaired) electrons. The standard InChI is InChI=1S/C15H25NO3/c1-4-13(9-10-17)16-11-12-7-6-8-14(19-5-2)15(12)18-3/h6-8,13,16-17H,4-5,9-11H2,1-3H3. The molecule has 0 aromatic heterocycles. The Labute approximate surface area is 115 Å². The molecule has 4 nitrogen and oxygen atoms in total. The number of benzene rings is 1. The Morgan fingerprint density at radius 1 is 1.32 bits per heavy atom. The number of rotatable bonds is 9. The molecule has 1 aromatic carbocycles. The molecule has 1 atom stereocenters. The van der Waals surface area contributed by atoms with E-state index in [2.05, 4.69) is 12.2 Å². The largest absolute Gasteiger partial charge is 0.493 e. The van der Waals surface area contributed by atoms with Crippen LogP contribution in [0.3, 0.4) is 0 Å². The molecule has 0 aliphatic rings. The van der Waals surface area contributed by atoms with Gasteiger partial charge in [0.05, 0.1) is 13.7 Å². The van der Waals surface area contributed by atoms with Crippen LogP contribution in [0.25, 0.3) is 0 Å². The normalized spacial score (nSPS) is 12.2. The predicted octanol–water partition coefficient (Wildman–Crippen LogP) is 2.34. The van der Waals surface area contributed by atoms with Gasteiger partial charge in [-0.2, -0.15) is 0 Å². The van der Waals surface area contributed by atoms with E-state index in [-0.39, 0.29) is 6.61 Å². The van der Waals surface area contributed by atoms with Crippen molar-refractivity contribution in [3.05, 3.63) is 23.8 Å². The summed E-state index contributed by atoms with van der Waals surface area (Å²) >= 11 is 0. The van der Waals surface area contributed by atoms with Crippen molar-refractivity contribution in [3.8, 4) is 11.5 Å². The van der Waals surface area contributed by atoms with Gasteiger partial charge in [-0.15, -0.1) is 0 Å². The van der Waals surface area contributed by atoms with E-state index in [4.69, 9.17) is 14.6 Å². The quantitative estimate of drug-likeness (QED) is 0.721. The van der Waals surface area contributed by atoms with Crippen LogP contribution >= 0.6 is 0 Å². The van der Waals surface area contributed by atoms with Crippen molar-refractivity contribution in [1.29, 1.82) is 0 Å². The highest BCUT2D eigenvalue weighted by Crippen LogP contribution is 2.31. The number of methoxy groups -OCH3 is 1. The SMILES string of the molecule is CCOc1cccc(CNC(CC)CCO)c1OC. The van der Waals surface area contributed by atoms with E-state index in [1.807, 2.05) is 25.1 Å². The van der Waals surface area contributed by atoms with Crippen molar-refractivity contribution < 1.29 is 14.6 Å². The molecule has 4 heteroatoms. The van der Waals surface area contributed by atoms with Crippen LogP contribution in [0.2, 0.25) is 0 Å². The first-order valence-electron chi connectivity index (χ1n) is 6.89. The summed E-state index contributed by atoms with van der Waals surface area (Å²) in [6, 6.07) is 6.24. The zero-order valence-corrected chi connectivity index (χ0v) is 12.1. The zero-order chi connectivity index (χ0) is 14.1. The van der Waals surface area contributed by atoms with E-state index in [0.717, 1.165) is 29.9 Å². The highest BCUT2D eigenvalue weighted by atomic mass is 16.5. The first kappa shape index (κ1) is 15.8. The van der Waals surface area contributed by atoms with Gasteiger partial charge in [-0.3, -0.25) is 0 Å². The van der Waals surface area contributed by atoms with Crippen molar-refractivity contribution in [1.82, 2.24) is 5.32 Å². The van der Waals surface area contributed by atoms with Gasteiger partial charge in [0.1, 0.15) is 0 Å². The third kappa shape index (κ3) is 4.73. The maximum absolute atomic E-state index is 9.00. The second kappa shape index (κ2) is 8.77. The Balaban J connectivity index is 2.74. The number of hydrogen-bond acceptors (Lipinski definition) is 4. The molecule has 1 unspecified atom stereocenters. The maximum atomic E-state index is 9.00. The van der Waals surface area contributed by atoms with Gasteiger partial charge >= 0.3 is 0 Å². The molecule has 2 N–H and O–H groups in total. The van der Waals surface area contributed by atoms with Crippen molar-refractivity contribution in [3.63, 3.8) is 0 Å². The molecule has 108 valence electrons. The van der Waals surface area contributed by atoms with E-state index < -0.39 is 0 Å². The molecule has 1 rings (SSSR count). The lowest BCUT2D eigenvalue weighted by Crippen LogP contribution is -2.29. The second-order valence-corrected chi connectivity index (χ2v) is 4.38. The Bertz CT molecular complexity index is 368. The Morgan fingerprint density at radius 2 is 2.11 bits per heavy atom. The van der Waals surface area contributed by atoms with Crippen molar-refractivity contribution in [2.45, 2.75) is 39.3 Å². The predicted molar refractivity (Wildman–Crippen MR) is 76.8 cm³/mol. The summed E-state index contributed by atoms with van der Waals surface area (Å²) in [6.07, 6.45) is 1.76. The molecule has 19 heavy (non-hydrogen) atoms. The summed E-state index contributed by atoms with van der Waals surface area (Å²) in [4.78, 5) is 0. The van der Waals surface area contributed by atoms with Crippen LogP contribution in [-0.4, -0.2) is 31.5 Å². The van der Waals surface area contributed by atoms with E-state index in [0.29, 0.717) is 19.2 Å². The van der Waals surface area contributed by atoms with Crippen LogP contribution in [0.5, 0.6) is 11.5 Å². The molecular formula is C15H25NO3. The van der Waals surface area contributed by atoms with E-state index >= 15 is 0 Å². The smallest absolute Gasteiger partial charge is 0.165 e. The summed E-state index contributed by atoms with van der Waals surface area (Å²) < 4.78 is 11.0. The first-order valence-corrected chi connectivity index (χ1v) is 6.89. The monoisotopic (exact) mass is 267 g/mol. The van der Waals surface area contributed by atoms with Gasteiger partial charge < -0.3 is 19.9 Å². The van der Waals surface area contributed by atoms with Gasteiger partial charge in [0.2, 0.25) is 0 Å². The molecule has 0 heterocycles. The van der Waals surface area contributed by atoms with Gasteiger partial charge in [0.15, 0.2) is 11.5 Å². The van der Waals surface area contributed by atoms with Gasteiger partial charge in [-0.05, 0) is 25.8 Å². The molecule has 0 aliphatic carbocycles. The minimum absolute atomic E-state index is 0.210. The molecule has 0 bridgehead atoms. The third-order valence-electron chi connectivity index (χ3n) is 3.12. The van der Waals surface area contributed by atoms with Gasteiger partial charge in [-0.1, -0.05) is 19.1 Å². The van der Waals surface area contributed by atoms with E-state index in [1.165, 1.54) is 0 Å². The van der Waals surface area contributed by atoms with Crippen LogP contribution in [0.15, 0.2) is 18.2 Å². The molecule has 0 amide bonds. The molecule has 0 saturated carbocycles. The topological polar surface area (TPSA) is 50.7 Å². The van der Waals surface area contributed by atoms with Crippen LogP contribution in [0, 0.1) is 0 Å². The number of para-hydroxylation sites is 1. The summed E-state index contributed by atoms with van der Waals surface area (Å²) in [5.41, 5.74) is 1.07. The highest BCUT2D eigenvalue weighted by molar-refractivity contribution is 5.46. The van der Waals surface area contributed by atoms with Crippen LogP contribution in [0.4, 0.5) is 0 Å². The van der Waals surface area contributed by atoms with E-state index in [9.17, 15) is 0 Å². The number of hydrogen-bond donors (Lipinski definition) is 2. The van der Waals surface area contributed by atoms with E-state index in [1.54, 1.807) is 7.11 Å². The molecule has 1 aromatic rings. The Hall–Kier alpha value is -1.26. The summed E-state index contributed by atoms with van der Waals surface area (Å²) in [6.45, 7) is 5.61. The van der Waals surface area contributed by atoms with Crippen LogP contribution < -0.4 is 14.8 Å².